The van der Waals surface area contributed by atoms with E-state index in [1.807, 2.05) is 67.6 Å². The van der Waals surface area contributed by atoms with Crippen molar-refractivity contribution in [1.82, 2.24) is 14.9 Å². The van der Waals surface area contributed by atoms with Crippen LogP contribution >= 0.6 is 11.6 Å². The second-order valence-corrected chi connectivity index (χ2v) is 9.89. The average Bonchev–Trinajstić information content (AvgIpc) is 3.29. The maximum absolute atomic E-state index is 12.0. The fraction of sp³-hybridized carbons (Fsp3) is 0.312. The predicted octanol–water partition coefficient (Wildman–Crippen LogP) is 7.40. The molecule has 3 aromatic carbocycles. The molecule has 4 rings (SSSR count). The minimum atomic E-state index is -0.0502. The number of hydrogen-bond donors (Lipinski definition) is 1. The summed E-state index contributed by atoms with van der Waals surface area (Å²) in [5.41, 5.74) is 4.29. The Bertz CT molecular complexity index is 1350. The Hall–Kier alpha value is -3.57. The van der Waals surface area contributed by atoms with E-state index in [-0.39, 0.29) is 5.91 Å². The first-order valence-electron chi connectivity index (χ1n) is 13.4. The zero-order chi connectivity index (χ0) is 26.6. The Balaban J connectivity index is 1.19. The van der Waals surface area contributed by atoms with Crippen molar-refractivity contribution in [3.05, 3.63) is 101 Å². The summed E-state index contributed by atoms with van der Waals surface area (Å²) in [4.78, 5) is 17.0. The van der Waals surface area contributed by atoms with E-state index in [0.717, 1.165) is 78.3 Å². The van der Waals surface area contributed by atoms with Crippen LogP contribution in [-0.2, 0) is 17.8 Å². The number of benzene rings is 3. The van der Waals surface area contributed by atoms with Crippen LogP contribution in [0, 0.1) is 6.92 Å². The molecule has 1 N–H and O–H groups in total. The lowest BCUT2D eigenvalue weighted by Crippen LogP contribution is -2.22. The molecule has 6 heteroatoms. The minimum absolute atomic E-state index is 0.0502. The number of aryl methyl sites for hydroxylation is 3. The maximum atomic E-state index is 12.0. The molecule has 1 amide bonds. The van der Waals surface area contributed by atoms with E-state index in [1.54, 1.807) is 6.08 Å². The molecule has 1 aromatic heterocycles. The third kappa shape index (κ3) is 8.22. The molecule has 4 aromatic rings. The van der Waals surface area contributed by atoms with Crippen LogP contribution in [0.4, 0.5) is 0 Å². The third-order valence-corrected chi connectivity index (χ3v) is 6.94. The van der Waals surface area contributed by atoms with Gasteiger partial charge in [-0.15, -0.1) is 0 Å². The number of carbonyl (C=O) groups is 1. The Labute approximate surface area is 230 Å². The van der Waals surface area contributed by atoms with Crippen molar-refractivity contribution in [2.24, 2.45) is 0 Å². The number of unbranched alkanes of at least 4 members (excludes halogenated alkanes) is 3. The van der Waals surface area contributed by atoms with E-state index < -0.39 is 0 Å². The van der Waals surface area contributed by atoms with E-state index in [2.05, 4.69) is 28.1 Å². The van der Waals surface area contributed by atoms with E-state index in [4.69, 9.17) is 21.3 Å². The fourth-order valence-electron chi connectivity index (χ4n) is 4.43. The largest absolute Gasteiger partial charge is 0.494 e. The number of imidazole rings is 1. The van der Waals surface area contributed by atoms with E-state index in [0.29, 0.717) is 13.2 Å². The topological polar surface area (TPSA) is 56.1 Å². The van der Waals surface area contributed by atoms with Crippen molar-refractivity contribution in [2.45, 2.75) is 52.0 Å². The van der Waals surface area contributed by atoms with Crippen LogP contribution in [0.15, 0.2) is 78.9 Å². The molecule has 5 nitrogen and oxygen atoms in total. The van der Waals surface area contributed by atoms with Gasteiger partial charge in [-0.25, -0.2) is 4.98 Å². The number of rotatable bonds is 14. The minimum Gasteiger partial charge on any atom is -0.494 e. The summed E-state index contributed by atoms with van der Waals surface area (Å²) in [6.45, 7) is 4.26. The monoisotopic (exact) mass is 529 g/mol. The van der Waals surface area contributed by atoms with Crippen molar-refractivity contribution in [3.63, 3.8) is 0 Å². The van der Waals surface area contributed by atoms with Crippen molar-refractivity contribution in [1.29, 1.82) is 0 Å². The molecule has 0 saturated heterocycles. The Morgan fingerprint density at radius 2 is 1.79 bits per heavy atom. The van der Waals surface area contributed by atoms with Crippen LogP contribution in [0.2, 0.25) is 5.02 Å². The molecule has 0 aliphatic rings. The van der Waals surface area contributed by atoms with Gasteiger partial charge < -0.3 is 14.6 Å². The quantitative estimate of drug-likeness (QED) is 0.137. The van der Waals surface area contributed by atoms with Gasteiger partial charge in [0.15, 0.2) is 0 Å². The summed E-state index contributed by atoms with van der Waals surface area (Å²) in [5, 5.41) is 3.74. The highest BCUT2D eigenvalue weighted by Gasteiger charge is 2.10. The van der Waals surface area contributed by atoms with Gasteiger partial charge in [0.2, 0.25) is 5.91 Å². The number of nitrogens with one attached hydrogen (secondary N) is 1. The molecule has 0 aliphatic heterocycles. The molecule has 0 saturated carbocycles. The summed E-state index contributed by atoms with van der Waals surface area (Å²) in [5.74, 6) is 1.95. The summed E-state index contributed by atoms with van der Waals surface area (Å²) < 4.78 is 8.28. The van der Waals surface area contributed by atoms with Crippen LogP contribution < -0.4 is 10.1 Å². The van der Waals surface area contributed by atoms with E-state index in [1.165, 1.54) is 5.52 Å². The number of aromatic nitrogens is 2. The van der Waals surface area contributed by atoms with E-state index >= 15 is 0 Å². The summed E-state index contributed by atoms with van der Waals surface area (Å²) in [6, 6.07) is 24.0. The van der Waals surface area contributed by atoms with Gasteiger partial charge in [-0.05, 0) is 80.1 Å². The van der Waals surface area contributed by atoms with Crippen LogP contribution in [0.1, 0.15) is 49.1 Å². The molecule has 0 aliphatic carbocycles. The molecule has 0 bridgehead atoms. The highest BCUT2D eigenvalue weighted by atomic mass is 35.5. The SMILES string of the molecule is Cc1cc(OCCCCn2c(CCCCCNC(=O)/C=C/c3ccccc3)nc3ccccc32)ccc1Cl. The molecule has 1 heterocycles. The number of para-hydroxylation sites is 2. The van der Waals surface area contributed by atoms with Gasteiger partial charge in [0.25, 0.3) is 0 Å². The molecule has 198 valence electrons. The molecule has 0 radical (unpaired) electrons. The smallest absolute Gasteiger partial charge is 0.243 e. The van der Waals surface area contributed by atoms with Gasteiger partial charge in [-0.3, -0.25) is 4.79 Å². The van der Waals surface area contributed by atoms with Crippen molar-refractivity contribution in [3.8, 4) is 5.75 Å². The van der Waals surface area contributed by atoms with Gasteiger partial charge in [-0.1, -0.05) is 60.5 Å². The number of ether oxygens (including phenoxy) is 1. The Kier molecular flexibility index (Phi) is 10.4. The van der Waals surface area contributed by atoms with Gasteiger partial charge in [0, 0.05) is 30.6 Å². The highest BCUT2D eigenvalue weighted by molar-refractivity contribution is 6.31. The number of carbonyl (C=O) groups excluding carboxylic acids is 1. The number of amides is 1. The summed E-state index contributed by atoms with van der Waals surface area (Å²) in [6.07, 6.45) is 9.38. The van der Waals surface area contributed by atoms with Crippen LogP contribution in [0.25, 0.3) is 17.1 Å². The van der Waals surface area contributed by atoms with Crippen LogP contribution in [-0.4, -0.2) is 28.6 Å². The second kappa shape index (κ2) is 14.4. The number of nitrogens with zero attached hydrogens (tertiary/aromatic N) is 2. The number of halogens is 1. The first-order chi connectivity index (χ1) is 18.6. The van der Waals surface area contributed by atoms with Gasteiger partial charge in [0.1, 0.15) is 11.6 Å². The maximum Gasteiger partial charge on any atom is 0.243 e. The zero-order valence-corrected chi connectivity index (χ0v) is 22.8. The Morgan fingerprint density at radius 3 is 2.63 bits per heavy atom. The first kappa shape index (κ1) is 27.5. The molecule has 0 spiro atoms. The highest BCUT2D eigenvalue weighted by Crippen LogP contribution is 2.22. The van der Waals surface area contributed by atoms with Gasteiger partial charge in [-0.2, -0.15) is 0 Å². The molecule has 0 fully saturated rings. The Morgan fingerprint density at radius 1 is 0.974 bits per heavy atom. The third-order valence-electron chi connectivity index (χ3n) is 6.51. The normalized spacial score (nSPS) is 11.3. The van der Waals surface area contributed by atoms with Crippen molar-refractivity contribution in [2.75, 3.05) is 13.2 Å². The second-order valence-electron chi connectivity index (χ2n) is 9.48. The lowest BCUT2D eigenvalue weighted by molar-refractivity contribution is -0.116. The van der Waals surface area contributed by atoms with Gasteiger partial charge in [0.05, 0.1) is 17.6 Å². The number of hydrogen-bond acceptors (Lipinski definition) is 3. The molecular formula is C32H36ClN3O2. The molecule has 0 atom stereocenters. The average molecular weight is 530 g/mol. The summed E-state index contributed by atoms with van der Waals surface area (Å²) >= 11 is 6.11. The lowest BCUT2D eigenvalue weighted by atomic mass is 10.2. The van der Waals surface area contributed by atoms with Gasteiger partial charge >= 0.3 is 0 Å². The first-order valence-corrected chi connectivity index (χ1v) is 13.8. The lowest BCUT2D eigenvalue weighted by Gasteiger charge is -2.11. The van der Waals surface area contributed by atoms with E-state index in [9.17, 15) is 4.79 Å². The molecular weight excluding hydrogens is 494 g/mol. The van der Waals surface area contributed by atoms with Crippen LogP contribution in [0.3, 0.4) is 0 Å². The number of fused-ring (bicyclic) bond motifs is 1. The van der Waals surface area contributed by atoms with Crippen molar-refractivity contribution >= 4 is 34.6 Å². The fourth-order valence-corrected chi connectivity index (χ4v) is 4.54. The van der Waals surface area contributed by atoms with Crippen molar-refractivity contribution < 1.29 is 9.53 Å². The predicted molar refractivity (Wildman–Crippen MR) is 157 cm³/mol. The summed E-state index contributed by atoms with van der Waals surface area (Å²) in [7, 11) is 0. The molecule has 38 heavy (non-hydrogen) atoms. The van der Waals surface area contributed by atoms with Crippen LogP contribution in [0.5, 0.6) is 5.75 Å². The standard InChI is InChI=1S/C32H36ClN3O2/c1-25-24-27(18-19-28(25)33)38-23-11-10-22-36-30-15-8-7-14-29(30)35-31(36)16-6-3-9-21-34-32(37)20-17-26-12-4-2-5-13-26/h2,4-5,7-8,12-15,17-20,24H,3,6,9-11,16,21-23H2,1H3,(H,34,37)/b20-17+. The zero-order valence-electron chi connectivity index (χ0n) is 22.0. The molecule has 0 unspecified atom stereocenters.